The predicted molar refractivity (Wildman–Crippen MR) is 109 cm³/mol. The molecule has 4 nitrogen and oxygen atoms in total. The quantitative estimate of drug-likeness (QED) is 0.469. The molecule has 2 aromatic carbocycles. The van der Waals surface area contributed by atoms with E-state index in [1.54, 1.807) is 13.0 Å². The van der Waals surface area contributed by atoms with Gasteiger partial charge in [0.25, 0.3) is 0 Å². The van der Waals surface area contributed by atoms with E-state index in [1.807, 2.05) is 42.5 Å². The van der Waals surface area contributed by atoms with Crippen molar-refractivity contribution in [1.82, 2.24) is 0 Å². The zero-order chi connectivity index (χ0) is 19.0. The van der Waals surface area contributed by atoms with Crippen LogP contribution in [0.1, 0.15) is 31.1 Å². The average molecular weight is 359 g/mol. The number of furan rings is 1. The zero-order valence-electron chi connectivity index (χ0n) is 15.6. The van der Waals surface area contributed by atoms with Crippen molar-refractivity contribution < 1.29 is 8.83 Å². The highest BCUT2D eigenvalue weighted by Crippen LogP contribution is 2.39. The number of hydrogen-bond donors (Lipinski definition) is 1. The second-order valence-electron chi connectivity index (χ2n) is 6.96. The van der Waals surface area contributed by atoms with Crippen LogP contribution < -0.4 is 10.9 Å². The Morgan fingerprint density at radius 1 is 0.926 bits per heavy atom. The Labute approximate surface area is 157 Å². The molecule has 4 heteroatoms. The van der Waals surface area contributed by atoms with Gasteiger partial charge in [-0.25, -0.2) is 4.79 Å². The van der Waals surface area contributed by atoms with Crippen LogP contribution in [-0.2, 0) is 0 Å². The topological polar surface area (TPSA) is 55.4 Å². The number of fused-ring (bicyclic) bond motifs is 1. The van der Waals surface area contributed by atoms with E-state index in [9.17, 15) is 4.79 Å². The number of nitrogens with one attached hydrogen (secondary N) is 1. The first-order valence-corrected chi connectivity index (χ1v) is 9.02. The van der Waals surface area contributed by atoms with Gasteiger partial charge in [-0.05, 0) is 36.1 Å². The van der Waals surface area contributed by atoms with Crippen LogP contribution in [0.2, 0.25) is 0 Å². The van der Waals surface area contributed by atoms with E-state index in [0.717, 1.165) is 16.8 Å². The lowest BCUT2D eigenvalue weighted by Gasteiger charge is -2.09. The van der Waals surface area contributed by atoms with Crippen molar-refractivity contribution in [2.45, 2.75) is 26.7 Å². The van der Waals surface area contributed by atoms with Gasteiger partial charge in [0.1, 0.15) is 16.7 Å². The van der Waals surface area contributed by atoms with Gasteiger partial charge in [-0.3, -0.25) is 0 Å². The van der Waals surface area contributed by atoms with Crippen LogP contribution in [0.3, 0.4) is 0 Å². The van der Waals surface area contributed by atoms with Crippen molar-refractivity contribution >= 4 is 22.5 Å². The summed E-state index contributed by atoms with van der Waals surface area (Å²) in [4.78, 5) is 12.6. The lowest BCUT2D eigenvalue weighted by molar-refractivity contribution is 0.485. The summed E-state index contributed by atoms with van der Waals surface area (Å²) in [7, 11) is 0. The van der Waals surface area contributed by atoms with Crippen LogP contribution >= 0.6 is 0 Å². The Bertz CT molecular complexity index is 1140. The molecule has 0 atom stereocenters. The Morgan fingerprint density at radius 3 is 2.30 bits per heavy atom. The van der Waals surface area contributed by atoms with Gasteiger partial charge in [-0.2, -0.15) is 0 Å². The molecule has 1 N–H and O–H groups in total. The number of para-hydroxylation sites is 1. The number of anilines is 2. The summed E-state index contributed by atoms with van der Waals surface area (Å²) in [6.45, 7) is 6.05. The zero-order valence-corrected chi connectivity index (χ0v) is 15.6. The number of hydrogen-bond acceptors (Lipinski definition) is 4. The van der Waals surface area contributed by atoms with Gasteiger partial charge in [0.2, 0.25) is 5.88 Å². The molecule has 0 aliphatic heterocycles. The van der Waals surface area contributed by atoms with Crippen molar-refractivity contribution in [2.24, 2.45) is 0 Å². The van der Waals surface area contributed by atoms with E-state index in [2.05, 4.69) is 31.3 Å². The summed E-state index contributed by atoms with van der Waals surface area (Å²) in [6.07, 6.45) is 0. The van der Waals surface area contributed by atoms with E-state index < -0.39 is 5.63 Å². The van der Waals surface area contributed by atoms with Crippen molar-refractivity contribution in [2.75, 3.05) is 5.32 Å². The SMILES string of the molecule is Cc1cc2oc(Nc3ccccc3)c(-c3ccc(C(C)C)cc3)c2c(=O)o1. The lowest BCUT2D eigenvalue weighted by Crippen LogP contribution is -2.00. The standard InChI is InChI=1S/C23H21NO3/c1-14(2)16-9-11-17(12-10-16)20-21-19(13-15(3)26-23(21)25)27-22(20)24-18-7-5-4-6-8-18/h4-14,24H,1-3H3. The summed E-state index contributed by atoms with van der Waals surface area (Å²) in [5.74, 6) is 1.50. The van der Waals surface area contributed by atoms with Gasteiger partial charge >= 0.3 is 5.63 Å². The molecule has 27 heavy (non-hydrogen) atoms. The maximum Gasteiger partial charge on any atom is 0.347 e. The molecule has 136 valence electrons. The summed E-state index contributed by atoms with van der Waals surface area (Å²) >= 11 is 0. The first-order valence-electron chi connectivity index (χ1n) is 9.02. The fourth-order valence-corrected chi connectivity index (χ4v) is 3.22. The third kappa shape index (κ3) is 3.26. The Kier molecular flexibility index (Phi) is 4.32. The first-order chi connectivity index (χ1) is 13.0. The second kappa shape index (κ2) is 6.80. The highest BCUT2D eigenvalue weighted by atomic mass is 16.4. The van der Waals surface area contributed by atoms with Crippen LogP contribution in [-0.4, -0.2) is 0 Å². The predicted octanol–water partition coefficient (Wildman–Crippen LogP) is 6.23. The van der Waals surface area contributed by atoms with Crippen molar-refractivity contribution in [1.29, 1.82) is 0 Å². The average Bonchev–Trinajstić information content (AvgIpc) is 3.00. The van der Waals surface area contributed by atoms with E-state index in [-0.39, 0.29) is 0 Å². The Morgan fingerprint density at radius 2 is 1.63 bits per heavy atom. The molecule has 2 aromatic heterocycles. The van der Waals surface area contributed by atoms with Crippen molar-refractivity contribution in [3.63, 3.8) is 0 Å². The van der Waals surface area contributed by atoms with Crippen LogP contribution in [0.5, 0.6) is 0 Å². The Balaban J connectivity index is 1.93. The minimum Gasteiger partial charge on any atom is -0.439 e. The molecule has 0 radical (unpaired) electrons. The van der Waals surface area contributed by atoms with E-state index in [1.165, 1.54) is 5.56 Å². The highest BCUT2D eigenvalue weighted by molar-refractivity contribution is 6.00. The van der Waals surface area contributed by atoms with Gasteiger partial charge < -0.3 is 14.2 Å². The maximum atomic E-state index is 12.6. The third-order valence-electron chi connectivity index (χ3n) is 4.63. The molecule has 0 bridgehead atoms. The summed E-state index contributed by atoms with van der Waals surface area (Å²) < 4.78 is 11.4. The molecule has 0 saturated carbocycles. The molecule has 0 spiro atoms. The first kappa shape index (κ1) is 17.2. The summed E-state index contributed by atoms with van der Waals surface area (Å²) in [5.41, 5.74) is 3.89. The second-order valence-corrected chi connectivity index (χ2v) is 6.96. The van der Waals surface area contributed by atoms with Gasteiger partial charge in [-0.15, -0.1) is 0 Å². The fraction of sp³-hybridized carbons (Fsp3) is 0.174. The molecule has 0 amide bonds. The fourth-order valence-electron chi connectivity index (χ4n) is 3.22. The maximum absolute atomic E-state index is 12.6. The largest absolute Gasteiger partial charge is 0.439 e. The molecule has 0 saturated heterocycles. The Hall–Kier alpha value is -3.27. The van der Waals surface area contributed by atoms with Crippen LogP contribution in [0.15, 0.2) is 74.3 Å². The third-order valence-corrected chi connectivity index (χ3v) is 4.63. The van der Waals surface area contributed by atoms with Crippen LogP contribution in [0, 0.1) is 6.92 Å². The molecule has 0 aliphatic carbocycles. The smallest absolute Gasteiger partial charge is 0.347 e. The molecule has 4 rings (SSSR count). The minimum atomic E-state index is -0.391. The van der Waals surface area contributed by atoms with Gasteiger partial charge in [0, 0.05) is 11.8 Å². The highest BCUT2D eigenvalue weighted by Gasteiger charge is 2.21. The molecule has 0 unspecified atom stereocenters. The van der Waals surface area contributed by atoms with Crippen molar-refractivity contribution in [3.05, 3.63) is 82.4 Å². The van der Waals surface area contributed by atoms with Gasteiger partial charge in [0.05, 0.1) is 5.56 Å². The minimum absolute atomic E-state index is 0.391. The lowest BCUT2D eigenvalue weighted by atomic mass is 9.98. The van der Waals surface area contributed by atoms with Crippen molar-refractivity contribution in [3.8, 4) is 11.1 Å². The monoisotopic (exact) mass is 359 g/mol. The molecule has 0 aliphatic rings. The summed E-state index contributed by atoms with van der Waals surface area (Å²) in [5, 5.41) is 3.75. The van der Waals surface area contributed by atoms with E-state index in [0.29, 0.717) is 28.5 Å². The molecule has 2 heterocycles. The van der Waals surface area contributed by atoms with Gasteiger partial charge in [0.15, 0.2) is 0 Å². The van der Waals surface area contributed by atoms with E-state index in [4.69, 9.17) is 8.83 Å². The summed E-state index contributed by atoms with van der Waals surface area (Å²) in [6, 6.07) is 19.7. The molecule has 0 fully saturated rings. The van der Waals surface area contributed by atoms with Gasteiger partial charge in [-0.1, -0.05) is 56.3 Å². The number of benzene rings is 2. The molecule has 4 aromatic rings. The number of rotatable bonds is 4. The molecular weight excluding hydrogens is 338 g/mol. The van der Waals surface area contributed by atoms with E-state index >= 15 is 0 Å². The van der Waals surface area contributed by atoms with Crippen LogP contribution in [0.4, 0.5) is 11.6 Å². The molecular formula is C23H21NO3. The number of aryl methyl sites for hydroxylation is 1. The normalized spacial score (nSPS) is 11.3. The van der Waals surface area contributed by atoms with Crippen LogP contribution in [0.25, 0.3) is 22.1 Å².